The van der Waals surface area contributed by atoms with Gasteiger partial charge in [0.2, 0.25) is 0 Å². The second-order valence-electron chi connectivity index (χ2n) is 5.85. The molecular formula is C16H30O. The standard InChI is InChI=1S/C16H30O/c1-5-8-10-16(4)14(15(16)12-17)11-13(7-3)9-6-2/h11,14-15,17H,5-10,12H2,1-4H3/b13-11+/t14-,15+,16+/m1/s1. The summed E-state index contributed by atoms with van der Waals surface area (Å²) >= 11 is 0. The van der Waals surface area contributed by atoms with Gasteiger partial charge in [0.05, 0.1) is 0 Å². The number of hydrogen-bond donors (Lipinski definition) is 1. The van der Waals surface area contributed by atoms with E-state index in [0.29, 0.717) is 23.9 Å². The van der Waals surface area contributed by atoms with Crippen molar-refractivity contribution >= 4 is 0 Å². The molecule has 0 saturated heterocycles. The Kier molecular flexibility index (Phi) is 5.72. The van der Waals surface area contributed by atoms with Crippen molar-refractivity contribution in [3.05, 3.63) is 11.6 Å². The van der Waals surface area contributed by atoms with Crippen LogP contribution in [-0.2, 0) is 0 Å². The van der Waals surface area contributed by atoms with E-state index in [-0.39, 0.29) is 0 Å². The summed E-state index contributed by atoms with van der Waals surface area (Å²) in [4.78, 5) is 0. The molecule has 0 aromatic rings. The molecule has 0 unspecified atom stereocenters. The van der Waals surface area contributed by atoms with Crippen LogP contribution >= 0.6 is 0 Å². The molecule has 0 aromatic heterocycles. The van der Waals surface area contributed by atoms with Gasteiger partial charge in [-0.25, -0.2) is 0 Å². The molecule has 1 heteroatoms. The van der Waals surface area contributed by atoms with E-state index in [1.807, 2.05) is 0 Å². The SMILES string of the molecule is CCCC[C@@]1(C)[C@H](/C=C(\CC)CCC)[C@@H]1CO. The van der Waals surface area contributed by atoms with Gasteiger partial charge < -0.3 is 5.11 Å². The van der Waals surface area contributed by atoms with Gasteiger partial charge in [-0.3, -0.25) is 0 Å². The van der Waals surface area contributed by atoms with Gasteiger partial charge in [-0.15, -0.1) is 0 Å². The third kappa shape index (κ3) is 3.34. The van der Waals surface area contributed by atoms with Gasteiger partial charge in [-0.2, -0.15) is 0 Å². The maximum atomic E-state index is 9.50. The monoisotopic (exact) mass is 238 g/mol. The summed E-state index contributed by atoms with van der Waals surface area (Å²) in [5.41, 5.74) is 1.98. The maximum absolute atomic E-state index is 9.50. The van der Waals surface area contributed by atoms with Crippen molar-refractivity contribution in [1.29, 1.82) is 0 Å². The van der Waals surface area contributed by atoms with Crippen LogP contribution < -0.4 is 0 Å². The summed E-state index contributed by atoms with van der Waals surface area (Å²) in [5, 5.41) is 9.50. The van der Waals surface area contributed by atoms with Crippen LogP contribution in [0.5, 0.6) is 0 Å². The molecule has 1 rings (SSSR count). The van der Waals surface area contributed by atoms with Gasteiger partial charge in [-0.1, -0.05) is 58.6 Å². The first-order valence-electron chi connectivity index (χ1n) is 7.44. The number of aliphatic hydroxyl groups excluding tert-OH is 1. The van der Waals surface area contributed by atoms with Crippen LogP contribution in [0.1, 0.15) is 66.2 Å². The zero-order valence-electron chi connectivity index (χ0n) is 12.1. The maximum Gasteiger partial charge on any atom is 0.0470 e. The van der Waals surface area contributed by atoms with Gasteiger partial charge in [0.25, 0.3) is 0 Å². The van der Waals surface area contributed by atoms with Crippen molar-refractivity contribution in [2.75, 3.05) is 6.61 Å². The second kappa shape index (κ2) is 6.58. The van der Waals surface area contributed by atoms with E-state index in [4.69, 9.17) is 0 Å². The summed E-state index contributed by atoms with van der Waals surface area (Å²) in [6, 6.07) is 0. The summed E-state index contributed by atoms with van der Waals surface area (Å²) in [6.45, 7) is 9.48. The Morgan fingerprint density at radius 2 is 1.94 bits per heavy atom. The van der Waals surface area contributed by atoms with Crippen LogP contribution in [-0.4, -0.2) is 11.7 Å². The normalized spacial score (nSPS) is 32.9. The van der Waals surface area contributed by atoms with Crippen LogP contribution in [0.25, 0.3) is 0 Å². The van der Waals surface area contributed by atoms with Gasteiger partial charge in [-0.05, 0) is 36.5 Å². The fraction of sp³-hybridized carbons (Fsp3) is 0.875. The predicted molar refractivity (Wildman–Crippen MR) is 75.0 cm³/mol. The minimum Gasteiger partial charge on any atom is -0.396 e. The van der Waals surface area contributed by atoms with Gasteiger partial charge in [0, 0.05) is 6.61 Å². The highest BCUT2D eigenvalue weighted by molar-refractivity contribution is 5.20. The fourth-order valence-corrected chi connectivity index (χ4v) is 3.19. The van der Waals surface area contributed by atoms with Crippen molar-refractivity contribution in [2.24, 2.45) is 17.3 Å². The van der Waals surface area contributed by atoms with Crippen molar-refractivity contribution in [1.82, 2.24) is 0 Å². The van der Waals surface area contributed by atoms with Gasteiger partial charge >= 0.3 is 0 Å². The van der Waals surface area contributed by atoms with Gasteiger partial charge in [0.15, 0.2) is 0 Å². The van der Waals surface area contributed by atoms with Crippen LogP contribution in [0.2, 0.25) is 0 Å². The first-order valence-corrected chi connectivity index (χ1v) is 7.44. The summed E-state index contributed by atoms with van der Waals surface area (Å²) in [5.74, 6) is 1.16. The molecule has 17 heavy (non-hydrogen) atoms. The number of allylic oxidation sites excluding steroid dienone is 2. The molecule has 0 heterocycles. The lowest BCUT2D eigenvalue weighted by atomic mass is 9.95. The first-order chi connectivity index (χ1) is 8.13. The van der Waals surface area contributed by atoms with E-state index in [9.17, 15) is 5.11 Å². The molecule has 0 aliphatic heterocycles. The quantitative estimate of drug-likeness (QED) is 0.615. The van der Waals surface area contributed by atoms with Gasteiger partial charge in [0.1, 0.15) is 0 Å². The lowest BCUT2D eigenvalue weighted by molar-refractivity contribution is 0.248. The zero-order chi connectivity index (χ0) is 12.9. The van der Waals surface area contributed by atoms with E-state index >= 15 is 0 Å². The largest absolute Gasteiger partial charge is 0.396 e. The summed E-state index contributed by atoms with van der Waals surface area (Å²) in [7, 11) is 0. The molecule has 0 spiro atoms. The molecular weight excluding hydrogens is 208 g/mol. The Morgan fingerprint density at radius 1 is 1.24 bits per heavy atom. The molecule has 0 aromatic carbocycles. The third-order valence-electron chi connectivity index (χ3n) is 4.64. The molecule has 0 bridgehead atoms. The molecule has 100 valence electrons. The molecule has 1 saturated carbocycles. The smallest absolute Gasteiger partial charge is 0.0470 e. The lowest BCUT2D eigenvalue weighted by Gasteiger charge is -2.10. The first kappa shape index (κ1) is 14.8. The van der Waals surface area contributed by atoms with Crippen molar-refractivity contribution in [2.45, 2.75) is 66.2 Å². The highest BCUT2D eigenvalue weighted by Gasteiger charge is 2.58. The van der Waals surface area contributed by atoms with E-state index in [2.05, 4.69) is 33.8 Å². The number of unbranched alkanes of at least 4 members (excludes halogenated alkanes) is 1. The average molecular weight is 238 g/mol. The summed E-state index contributed by atoms with van der Waals surface area (Å²) in [6.07, 6.45) is 9.97. The molecule has 0 amide bonds. The number of aliphatic hydroxyl groups is 1. The minimum atomic E-state index is 0.366. The number of hydrogen-bond acceptors (Lipinski definition) is 1. The van der Waals surface area contributed by atoms with E-state index in [1.165, 1.54) is 38.5 Å². The Labute approximate surface area is 107 Å². The molecule has 1 aliphatic rings. The third-order valence-corrected chi connectivity index (χ3v) is 4.64. The van der Waals surface area contributed by atoms with Crippen molar-refractivity contribution < 1.29 is 5.11 Å². The average Bonchev–Trinajstić information content (AvgIpc) is 2.90. The molecule has 3 atom stereocenters. The molecule has 1 nitrogen and oxygen atoms in total. The summed E-state index contributed by atoms with van der Waals surface area (Å²) < 4.78 is 0. The van der Waals surface area contributed by atoms with E-state index < -0.39 is 0 Å². The zero-order valence-corrected chi connectivity index (χ0v) is 12.1. The Balaban J connectivity index is 2.64. The van der Waals surface area contributed by atoms with Crippen LogP contribution in [0.4, 0.5) is 0 Å². The lowest BCUT2D eigenvalue weighted by Crippen LogP contribution is -2.01. The fourth-order valence-electron chi connectivity index (χ4n) is 3.19. The number of rotatable bonds is 8. The molecule has 1 N–H and O–H groups in total. The van der Waals surface area contributed by atoms with Crippen molar-refractivity contribution in [3.63, 3.8) is 0 Å². The minimum absolute atomic E-state index is 0.366. The second-order valence-corrected chi connectivity index (χ2v) is 5.85. The Bertz CT molecular complexity index is 256. The van der Waals surface area contributed by atoms with Crippen molar-refractivity contribution in [3.8, 4) is 0 Å². The highest BCUT2D eigenvalue weighted by Crippen LogP contribution is 2.62. The van der Waals surface area contributed by atoms with E-state index in [0.717, 1.165) is 0 Å². The van der Waals surface area contributed by atoms with Crippen LogP contribution in [0.15, 0.2) is 11.6 Å². The predicted octanol–water partition coefficient (Wildman–Crippen LogP) is 4.56. The van der Waals surface area contributed by atoms with Crippen LogP contribution in [0, 0.1) is 17.3 Å². The topological polar surface area (TPSA) is 20.2 Å². The molecule has 0 radical (unpaired) electrons. The molecule has 1 aliphatic carbocycles. The molecule has 1 fully saturated rings. The Hall–Kier alpha value is -0.300. The highest BCUT2D eigenvalue weighted by atomic mass is 16.3. The van der Waals surface area contributed by atoms with E-state index in [1.54, 1.807) is 5.57 Å². The Morgan fingerprint density at radius 3 is 2.41 bits per heavy atom. The van der Waals surface area contributed by atoms with Crippen LogP contribution in [0.3, 0.4) is 0 Å².